The van der Waals surface area contributed by atoms with Gasteiger partial charge in [0.1, 0.15) is 5.82 Å². The monoisotopic (exact) mass is 402 g/mol. The van der Waals surface area contributed by atoms with Crippen LogP contribution in [0.3, 0.4) is 0 Å². The molecule has 0 saturated heterocycles. The fraction of sp³-hybridized carbons (Fsp3) is 0.333. The highest BCUT2D eigenvalue weighted by molar-refractivity contribution is 6.41. The molecular weight excluding hydrogens is 374 g/mol. The molecule has 0 bridgehead atoms. The van der Waals surface area contributed by atoms with Crippen molar-refractivity contribution in [2.75, 3.05) is 6.44 Å². The first-order chi connectivity index (χ1) is 13.7. The Morgan fingerprint density at radius 1 is 1.00 bits per heavy atom. The van der Waals surface area contributed by atoms with Crippen LogP contribution in [0.4, 0.5) is 4.39 Å². The van der Waals surface area contributed by atoms with E-state index in [1.54, 1.807) is 36.4 Å². The zero-order chi connectivity index (χ0) is 21.8. The molecule has 156 valence electrons. The Hall–Kier alpha value is -2.71. The molecule has 2 amide bonds. The van der Waals surface area contributed by atoms with Gasteiger partial charge in [-0.3, -0.25) is 9.59 Å². The molecule has 1 unspecified atom stereocenters. The summed E-state index contributed by atoms with van der Waals surface area (Å²) in [5, 5.41) is 22.5. The summed E-state index contributed by atoms with van der Waals surface area (Å²) < 4.78 is 14.1. The summed E-state index contributed by atoms with van der Waals surface area (Å²) in [5.74, 6) is -0.700. The lowest BCUT2D eigenvalue weighted by Crippen LogP contribution is -2.38. The molecular formula is C21H28BFN2O4. The van der Waals surface area contributed by atoms with Crippen molar-refractivity contribution >= 4 is 18.9 Å². The van der Waals surface area contributed by atoms with Gasteiger partial charge in [-0.15, -0.1) is 0 Å². The Kier molecular flexibility index (Phi) is 10.7. The first-order valence-electron chi connectivity index (χ1n) is 9.43. The second kappa shape index (κ2) is 12.7. The number of hydrogen-bond acceptors (Lipinski definition) is 4. The van der Waals surface area contributed by atoms with Crippen molar-refractivity contribution in [3.8, 4) is 0 Å². The third-order valence-corrected chi connectivity index (χ3v) is 3.49. The topological polar surface area (TPSA) is 98.7 Å². The molecule has 0 aliphatic heterocycles. The van der Waals surface area contributed by atoms with Crippen LogP contribution in [0, 0.1) is 11.7 Å². The molecule has 0 fully saturated rings. The van der Waals surface area contributed by atoms with E-state index in [-0.39, 0.29) is 18.4 Å². The predicted octanol–water partition coefficient (Wildman–Crippen LogP) is 2.48. The molecule has 0 aliphatic carbocycles. The van der Waals surface area contributed by atoms with Crippen LogP contribution < -0.4 is 10.6 Å². The van der Waals surface area contributed by atoms with E-state index in [4.69, 9.17) is 10.0 Å². The zero-order valence-electron chi connectivity index (χ0n) is 16.9. The Labute approximate surface area is 171 Å². The zero-order valence-corrected chi connectivity index (χ0v) is 16.9. The Balaban J connectivity index is 0.000000960. The fourth-order valence-electron chi connectivity index (χ4n) is 2.29. The lowest BCUT2D eigenvalue weighted by molar-refractivity contribution is -0.121. The van der Waals surface area contributed by atoms with Gasteiger partial charge in [0.15, 0.2) is 0 Å². The summed E-state index contributed by atoms with van der Waals surface area (Å²) in [6.07, 6.45) is -0.596. The molecule has 0 aliphatic rings. The Morgan fingerprint density at radius 3 is 2.10 bits per heavy atom. The fourth-order valence-corrected chi connectivity index (χ4v) is 2.29. The van der Waals surface area contributed by atoms with Crippen molar-refractivity contribution in [1.29, 1.82) is 0 Å². The molecule has 2 aromatic rings. The highest BCUT2D eigenvalue weighted by atomic mass is 19.1. The summed E-state index contributed by atoms with van der Waals surface area (Å²) in [7, 11) is -1.69. The normalized spacial score (nSPS) is 11.1. The van der Waals surface area contributed by atoms with Crippen molar-refractivity contribution in [3.05, 3.63) is 71.5 Å². The van der Waals surface area contributed by atoms with Gasteiger partial charge >= 0.3 is 7.12 Å². The minimum absolute atomic E-state index is 0.173. The van der Waals surface area contributed by atoms with E-state index in [0.29, 0.717) is 5.56 Å². The highest BCUT2D eigenvalue weighted by Crippen LogP contribution is 2.20. The summed E-state index contributed by atoms with van der Waals surface area (Å²) >= 11 is 0. The number of carbonyl (C=O) groups is 2. The SMILES string of the molecule is CC(C)C.O=C(CC(NC(=O)c1ccccc1)c1ccccc1F)NCB(O)O. The molecule has 0 aromatic heterocycles. The summed E-state index contributed by atoms with van der Waals surface area (Å²) in [4.78, 5) is 24.3. The van der Waals surface area contributed by atoms with E-state index in [1.165, 1.54) is 18.2 Å². The van der Waals surface area contributed by atoms with Crippen molar-refractivity contribution in [2.45, 2.75) is 33.2 Å². The number of halogens is 1. The third kappa shape index (κ3) is 9.87. The van der Waals surface area contributed by atoms with Crippen LogP contribution in [0.25, 0.3) is 0 Å². The summed E-state index contributed by atoms with van der Waals surface area (Å²) in [6, 6.07) is 13.3. The minimum Gasteiger partial charge on any atom is -0.426 e. The number of hydrogen-bond donors (Lipinski definition) is 4. The molecule has 2 aromatic carbocycles. The average Bonchev–Trinajstić information content (AvgIpc) is 2.66. The van der Waals surface area contributed by atoms with Crippen LogP contribution in [-0.2, 0) is 4.79 Å². The molecule has 1 atom stereocenters. The molecule has 29 heavy (non-hydrogen) atoms. The molecule has 0 heterocycles. The number of rotatable bonds is 7. The molecule has 8 heteroatoms. The van der Waals surface area contributed by atoms with Crippen LogP contribution in [0.1, 0.15) is 49.2 Å². The first-order valence-corrected chi connectivity index (χ1v) is 9.43. The standard InChI is InChI=1S/C17H18BFN2O4.C4H10/c19-14-9-5-4-8-13(14)15(10-16(22)20-11-18(24)25)21-17(23)12-6-2-1-3-7-12;1-4(2)3/h1-9,15,24-25H,10-11H2,(H,20,22)(H,21,23);4H,1-3H3. The van der Waals surface area contributed by atoms with E-state index >= 15 is 0 Å². The highest BCUT2D eigenvalue weighted by Gasteiger charge is 2.22. The van der Waals surface area contributed by atoms with Crippen molar-refractivity contribution in [1.82, 2.24) is 10.6 Å². The van der Waals surface area contributed by atoms with Gasteiger partial charge in [0.2, 0.25) is 5.91 Å². The van der Waals surface area contributed by atoms with Crippen LogP contribution in [0.2, 0.25) is 0 Å². The number of benzene rings is 2. The second-order valence-electron chi connectivity index (χ2n) is 7.13. The lowest BCUT2D eigenvalue weighted by atomic mass is 9.92. The Bertz CT molecular complexity index is 770. The van der Waals surface area contributed by atoms with E-state index in [9.17, 15) is 14.0 Å². The molecule has 6 nitrogen and oxygen atoms in total. The van der Waals surface area contributed by atoms with E-state index in [1.807, 2.05) is 0 Å². The Morgan fingerprint density at radius 2 is 1.55 bits per heavy atom. The maximum Gasteiger partial charge on any atom is 0.472 e. The molecule has 0 radical (unpaired) electrons. The first kappa shape index (κ1) is 24.3. The van der Waals surface area contributed by atoms with Gasteiger partial charge in [-0.2, -0.15) is 0 Å². The minimum atomic E-state index is -1.69. The average molecular weight is 402 g/mol. The molecule has 2 rings (SSSR count). The maximum absolute atomic E-state index is 14.1. The van der Waals surface area contributed by atoms with Crippen LogP contribution in [-0.4, -0.2) is 35.4 Å². The van der Waals surface area contributed by atoms with Crippen LogP contribution >= 0.6 is 0 Å². The van der Waals surface area contributed by atoms with Crippen molar-refractivity contribution in [3.63, 3.8) is 0 Å². The third-order valence-electron chi connectivity index (χ3n) is 3.49. The predicted molar refractivity (Wildman–Crippen MR) is 111 cm³/mol. The number of nitrogens with one attached hydrogen (secondary N) is 2. The maximum atomic E-state index is 14.1. The summed E-state index contributed by atoms with van der Waals surface area (Å²) in [6.45, 7) is 6.50. The quantitative estimate of drug-likeness (QED) is 0.535. The van der Waals surface area contributed by atoms with Gasteiger partial charge in [-0.25, -0.2) is 4.39 Å². The van der Waals surface area contributed by atoms with Gasteiger partial charge in [-0.05, 0) is 24.1 Å². The molecule has 4 N–H and O–H groups in total. The van der Waals surface area contributed by atoms with E-state index in [0.717, 1.165) is 5.92 Å². The van der Waals surface area contributed by atoms with Crippen LogP contribution in [0.5, 0.6) is 0 Å². The largest absolute Gasteiger partial charge is 0.472 e. The number of amides is 2. The van der Waals surface area contributed by atoms with E-state index in [2.05, 4.69) is 31.4 Å². The number of carbonyl (C=O) groups excluding carboxylic acids is 2. The molecule has 0 saturated carbocycles. The van der Waals surface area contributed by atoms with Crippen molar-refractivity contribution in [2.24, 2.45) is 5.92 Å². The van der Waals surface area contributed by atoms with Gasteiger partial charge < -0.3 is 20.7 Å². The lowest BCUT2D eigenvalue weighted by Gasteiger charge is -2.19. The van der Waals surface area contributed by atoms with Gasteiger partial charge in [0.25, 0.3) is 5.91 Å². The van der Waals surface area contributed by atoms with E-state index < -0.39 is 30.8 Å². The van der Waals surface area contributed by atoms with Gasteiger partial charge in [-0.1, -0.05) is 57.2 Å². The van der Waals surface area contributed by atoms with Crippen LogP contribution in [0.15, 0.2) is 54.6 Å². The molecule has 0 spiro atoms. The smallest absolute Gasteiger partial charge is 0.426 e. The second-order valence-corrected chi connectivity index (χ2v) is 7.13. The van der Waals surface area contributed by atoms with Crippen molar-refractivity contribution < 1.29 is 24.0 Å². The summed E-state index contributed by atoms with van der Waals surface area (Å²) in [5.41, 5.74) is 0.557. The van der Waals surface area contributed by atoms with Gasteiger partial charge in [0.05, 0.1) is 18.9 Å². The van der Waals surface area contributed by atoms with Gasteiger partial charge in [0, 0.05) is 11.1 Å².